The van der Waals surface area contributed by atoms with Gasteiger partial charge >= 0.3 is 11.9 Å². The molecule has 2 aliphatic heterocycles. The predicted molar refractivity (Wildman–Crippen MR) is 238 cm³/mol. The second kappa shape index (κ2) is 36.6. The van der Waals surface area contributed by atoms with Gasteiger partial charge in [0.05, 0.1) is 19.8 Å². The number of hydrogen-bond acceptors (Lipinski definition) is 15. The number of esters is 2. The molecule has 2 aliphatic rings. The van der Waals surface area contributed by atoms with Crippen LogP contribution in [-0.4, -0.2) is 142 Å². The number of aliphatic hydroxyl groups excluding tert-OH is 7. The van der Waals surface area contributed by atoms with Gasteiger partial charge in [-0.25, -0.2) is 0 Å². The smallest absolute Gasteiger partial charge is 0.306 e. The molecule has 2 rings (SSSR count). The zero-order valence-corrected chi connectivity index (χ0v) is 39.1. The highest BCUT2D eigenvalue weighted by atomic mass is 16.7. The summed E-state index contributed by atoms with van der Waals surface area (Å²) in [5.74, 6) is -0.913. The summed E-state index contributed by atoms with van der Waals surface area (Å²) in [6, 6.07) is 0. The molecule has 0 aromatic carbocycles. The fourth-order valence-corrected chi connectivity index (χ4v) is 8.16. The second-order valence-corrected chi connectivity index (χ2v) is 18.0. The van der Waals surface area contributed by atoms with Crippen LogP contribution in [0.1, 0.15) is 200 Å². The van der Waals surface area contributed by atoms with E-state index in [0.717, 1.165) is 38.5 Å². The minimum absolute atomic E-state index is 0.172. The maximum Gasteiger partial charge on any atom is 0.306 e. The molecule has 0 aliphatic carbocycles. The van der Waals surface area contributed by atoms with Gasteiger partial charge in [-0.15, -0.1) is 0 Å². The van der Waals surface area contributed by atoms with Gasteiger partial charge in [-0.3, -0.25) is 9.59 Å². The van der Waals surface area contributed by atoms with Crippen molar-refractivity contribution in [2.45, 2.75) is 268 Å². The van der Waals surface area contributed by atoms with Gasteiger partial charge in [-0.1, -0.05) is 174 Å². The Hall–Kier alpha value is -1.50. The van der Waals surface area contributed by atoms with Gasteiger partial charge in [0.1, 0.15) is 55.4 Å². The molecule has 15 heteroatoms. The van der Waals surface area contributed by atoms with Crippen LogP contribution in [-0.2, 0) is 38.0 Å². The lowest BCUT2D eigenvalue weighted by Crippen LogP contribution is -2.61. The Balaban J connectivity index is 1.80. The summed E-state index contributed by atoms with van der Waals surface area (Å²) in [6.07, 6.45) is 15.7. The van der Waals surface area contributed by atoms with E-state index in [4.69, 9.17) is 28.4 Å². The summed E-state index contributed by atoms with van der Waals surface area (Å²) in [6.45, 7) is 2.60. The molecule has 2 heterocycles. The number of hydrogen-bond donors (Lipinski definition) is 7. The minimum Gasteiger partial charge on any atom is -0.462 e. The van der Waals surface area contributed by atoms with Crippen LogP contribution in [0, 0.1) is 0 Å². The van der Waals surface area contributed by atoms with Crippen molar-refractivity contribution < 1.29 is 73.8 Å². The van der Waals surface area contributed by atoms with Gasteiger partial charge in [-0.2, -0.15) is 0 Å². The number of unbranched alkanes of at least 4 members (excludes halogenated alkanes) is 25. The van der Waals surface area contributed by atoms with Crippen molar-refractivity contribution >= 4 is 11.9 Å². The van der Waals surface area contributed by atoms with E-state index in [0.29, 0.717) is 12.8 Å². The average molecular weight is 907 g/mol. The topological polar surface area (TPSA) is 231 Å². The molecule has 0 amide bonds. The number of ether oxygens (including phenoxy) is 6. The van der Waals surface area contributed by atoms with Gasteiger partial charge in [0.2, 0.25) is 0 Å². The van der Waals surface area contributed by atoms with Crippen molar-refractivity contribution in [1.29, 1.82) is 0 Å². The quantitative estimate of drug-likeness (QED) is 0.0260. The molecule has 63 heavy (non-hydrogen) atoms. The summed E-state index contributed by atoms with van der Waals surface area (Å²) in [5, 5.41) is 71.9. The molecule has 11 atom stereocenters. The van der Waals surface area contributed by atoms with Crippen LogP contribution >= 0.6 is 0 Å². The van der Waals surface area contributed by atoms with E-state index in [1.807, 2.05) is 0 Å². The molecule has 4 unspecified atom stereocenters. The van der Waals surface area contributed by atoms with Gasteiger partial charge in [0, 0.05) is 12.8 Å². The molecule has 15 nitrogen and oxygen atoms in total. The molecule has 2 fully saturated rings. The van der Waals surface area contributed by atoms with Crippen LogP contribution in [0.2, 0.25) is 0 Å². The van der Waals surface area contributed by atoms with Crippen LogP contribution in [0.3, 0.4) is 0 Å². The van der Waals surface area contributed by atoms with Crippen LogP contribution in [0.5, 0.6) is 0 Å². The predicted octanol–water partition coefficient (Wildman–Crippen LogP) is 6.43. The molecule has 372 valence electrons. The maximum atomic E-state index is 12.9. The third kappa shape index (κ3) is 25.3. The lowest BCUT2D eigenvalue weighted by Gasteiger charge is -2.42. The second-order valence-electron chi connectivity index (χ2n) is 18.0. The van der Waals surface area contributed by atoms with Crippen molar-refractivity contribution in [3.05, 3.63) is 0 Å². The number of aliphatic hydroxyl groups is 7. The SMILES string of the molecule is CCCCCCCCCCCCCCCCCCC(=O)OC[C@@H](CO[C@@H]1O[C@H](CO[C@@H]2O[C@H](CO)[C@H](O)C(O)C2O)[C@H](O)C(O)C1O)OC(=O)CCCCCCCCCCCCC. The van der Waals surface area contributed by atoms with Crippen molar-refractivity contribution in [1.82, 2.24) is 0 Å². The molecular formula is C48H90O15. The van der Waals surface area contributed by atoms with Crippen molar-refractivity contribution in [3.63, 3.8) is 0 Å². The number of carbonyl (C=O) groups excluding carboxylic acids is 2. The Kier molecular flexibility index (Phi) is 33.5. The molecule has 0 spiro atoms. The van der Waals surface area contributed by atoms with Crippen molar-refractivity contribution in [3.8, 4) is 0 Å². The first-order chi connectivity index (χ1) is 30.5. The molecule has 0 aromatic heterocycles. The Morgan fingerprint density at radius 3 is 1.24 bits per heavy atom. The summed E-state index contributed by atoms with van der Waals surface area (Å²) < 4.78 is 33.5. The van der Waals surface area contributed by atoms with Crippen LogP contribution in [0.4, 0.5) is 0 Å². The van der Waals surface area contributed by atoms with E-state index in [-0.39, 0.29) is 26.1 Å². The van der Waals surface area contributed by atoms with E-state index < -0.39 is 92.7 Å². The fraction of sp³-hybridized carbons (Fsp3) is 0.958. The average Bonchev–Trinajstić information content (AvgIpc) is 3.28. The van der Waals surface area contributed by atoms with Gasteiger partial charge in [-0.05, 0) is 12.8 Å². The van der Waals surface area contributed by atoms with Gasteiger partial charge in [0.15, 0.2) is 18.7 Å². The monoisotopic (exact) mass is 907 g/mol. The highest BCUT2D eigenvalue weighted by Gasteiger charge is 2.47. The summed E-state index contributed by atoms with van der Waals surface area (Å²) in [7, 11) is 0. The largest absolute Gasteiger partial charge is 0.462 e. The molecule has 7 N–H and O–H groups in total. The Morgan fingerprint density at radius 1 is 0.444 bits per heavy atom. The Bertz CT molecular complexity index is 1110. The van der Waals surface area contributed by atoms with Crippen molar-refractivity contribution in [2.75, 3.05) is 26.4 Å². The third-order valence-corrected chi connectivity index (χ3v) is 12.3. The summed E-state index contributed by atoms with van der Waals surface area (Å²) >= 11 is 0. The first-order valence-electron chi connectivity index (χ1n) is 25.1. The minimum atomic E-state index is -1.76. The third-order valence-electron chi connectivity index (χ3n) is 12.3. The first kappa shape index (κ1) is 57.6. The zero-order chi connectivity index (χ0) is 46.1. The lowest BCUT2D eigenvalue weighted by molar-refractivity contribution is -0.332. The lowest BCUT2D eigenvalue weighted by atomic mass is 9.98. The van der Waals surface area contributed by atoms with Crippen LogP contribution in [0.25, 0.3) is 0 Å². The van der Waals surface area contributed by atoms with Gasteiger partial charge in [0.25, 0.3) is 0 Å². The molecule has 0 aromatic rings. The van der Waals surface area contributed by atoms with Crippen LogP contribution < -0.4 is 0 Å². The van der Waals surface area contributed by atoms with E-state index in [9.17, 15) is 45.3 Å². The van der Waals surface area contributed by atoms with Crippen molar-refractivity contribution in [2.24, 2.45) is 0 Å². The molecule has 0 saturated carbocycles. The Morgan fingerprint density at radius 2 is 0.810 bits per heavy atom. The first-order valence-corrected chi connectivity index (χ1v) is 25.1. The molecular weight excluding hydrogens is 817 g/mol. The van der Waals surface area contributed by atoms with E-state index >= 15 is 0 Å². The van der Waals surface area contributed by atoms with E-state index in [2.05, 4.69) is 13.8 Å². The summed E-state index contributed by atoms with van der Waals surface area (Å²) in [5.41, 5.74) is 0. The van der Waals surface area contributed by atoms with Crippen LogP contribution in [0.15, 0.2) is 0 Å². The number of rotatable bonds is 39. The van der Waals surface area contributed by atoms with E-state index in [1.165, 1.54) is 122 Å². The van der Waals surface area contributed by atoms with Gasteiger partial charge < -0.3 is 64.2 Å². The molecule has 0 bridgehead atoms. The zero-order valence-electron chi connectivity index (χ0n) is 39.1. The highest BCUT2D eigenvalue weighted by molar-refractivity contribution is 5.70. The molecule has 2 saturated heterocycles. The molecule has 0 radical (unpaired) electrons. The number of carbonyl (C=O) groups is 2. The highest BCUT2D eigenvalue weighted by Crippen LogP contribution is 2.26. The summed E-state index contributed by atoms with van der Waals surface area (Å²) in [4.78, 5) is 25.7. The normalized spacial score (nSPS) is 26.7. The Labute approximate surface area is 378 Å². The fourth-order valence-electron chi connectivity index (χ4n) is 8.16. The van der Waals surface area contributed by atoms with E-state index in [1.54, 1.807) is 0 Å². The standard InChI is InChI=1S/C48H90O15/c1-3-5-7-9-11-13-15-16-17-18-19-21-22-24-26-28-30-39(50)58-33-36(61-40(51)31-29-27-25-23-20-14-12-10-8-6-4-2)34-59-47-46(57)44(55)42(53)38(63-47)35-60-48-45(56)43(54)41(52)37(32-49)62-48/h36-38,41-49,52-57H,3-35H2,1-2H3/t36-,37+,38+,41-,42-,43?,44?,45?,46?,47+,48+/m0/s1. The maximum absolute atomic E-state index is 12.9.